The standard InChI is InChI=1S/C13H15NO3.ClH/c1-2-3-8-17-11-6-4-10(5-7-11)9-12(14)13(15)16;/h4-7,12H,8-9,14H2,1H3,(H,15,16);1H. The lowest BCUT2D eigenvalue weighted by Crippen LogP contribution is -2.32. The van der Waals surface area contributed by atoms with Gasteiger partial charge in [0.2, 0.25) is 0 Å². The number of hydrogen-bond donors (Lipinski definition) is 2. The quantitative estimate of drug-likeness (QED) is 0.794. The van der Waals surface area contributed by atoms with Gasteiger partial charge < -0.3 is 15.6 Å². The molecule has 0 saturated carbocycles. The van der Waals surface area contributed by atoms with Crippen LogP contribution in [0.4, 0.5) is 0 Å². The first-order valence-corrected chi connectivity index (χ1v) is 5.23. The Labute approximate surface area is 113 Å². The van der Waals surface area contributed by atoms with Gasteiger partial charge in [-0.1, -0.05) is 18.1 Å². The van der Waals surface area contributed by atoms with Crippen LogP contribution in [0.15, 0.2) is 24.3 Å². The molecule has 1 rings (SSSR count). The number of benzene rings is 1. The molecular formula is C13H16ClNO3. The van der Waals surface area contributed by atoms with Crippen LogP contribution in [0.2, 0.25) is 0 Å². The van der Waals surface area contributed by atoms with Crippen molar-refractivity contribution in [1.82, 2.24) is 0 Å². The Balaban J connectivity index is 0.00000289. The summed E-state index contributed by atoms with van der Waals surface area (Å²) in [6.45, 7) is 2.10. The van der Waals surface area contributed by atoms with Crippen molar-refractivity contribution in [2.45, 2.75) is 19.4 Å². The maximum absolute atomic E-state index is 10.6. The summed E-state index contributed by atoms with van der Waals surface area (Å²) in [6.07, 6.45) is 0.310. The van der Waals surface area contributed by atoms with Gasteiger partial charge in [-0.2, -0.15) is 0 Å². The summed E-state index contributed by atoms with van der Waals surface area (Å²) in [6, 6.07) is 6.30. The molecule has 4 nitrogen and oxygen atoms in total. The minimum absolute atomic E-state index is 0. The van der Waals surface area contributed by atoms with E-state index in [-0.39, 0.29) is 12.4 Å². The predicted molar refractivity (Wildman–Crippen MR) is 72.0 cm³/mol. The van der Waals surface area contributed by atoms with Crippen molar-refractivity contribution in [3.05, 3.63) is 29.8 Å². The molecule has 3 N–H and O–H groups in total. The molecule has 0 amide bonds. The fourth-order valence-electron chi connectivity index (χ4n) is 1.25. The van der Waals surface area contributed by atoms with E-state index >= 15 is 0 Å². The van der Waals surface area contributed by atoms with Crippen LogP contribution in [0, 0.1) is 11.8 Å². The number of rotatable bonds is 5. The molecular weight excluding hydrogens is 254 g/mol. The highest BCUT2D eigenvalue weighted by Gasteiger charge is 2.11. The molecule has 0 aliphatic carbocycles. The maximum Gasteiger partial charge on any atom is 0.320 e. The fraction of sp³-hybridized carbons (Fsp3) is 0.308. The maximum atomic E-state index is 10.6. The first-order chi connectivity index (χ1) is 8.13. The van der Waals surface area contributed by atoms with Crippen molar-refractivity contribution in [2.75, 3.05) is 6.61 Å². The van der Waals surface area contributed by atoms with Crippen LogP contribution in [-0.2, 0) is 11.2 Å². The fourth-order valence-corrected chi connectivity index (χ4v) is 1.25. The zero-order chi connectivity index (χ0) is 12.7. The Kier molecular flexibility index (Phi) is 7.61. The Bertz CT molecular complexity index is 434. The van der Waals surface area contributed by atoms with Crippen LogP contribution < -0.4 is 10.5 Å². The van der Waals surface area contributed by atoms with Gasteiger partial charge in [-0.15, -0.1) is 18.3 Å². The van der Waals surface area contributed by atoms with Crippen LogP contribution in [0.1, 0.15) is 12.5 Å². The van der Waals surface area contributed by atoms with Crippen LogP contribution in [-0.4, -0.2) is 23.7 Å². The average molecular weight is 270 g/mol. The average Bonchev–Trinajstić information content (AvgIpc) is 2.31. The molecule has 1 atom stereocenters. The van der Waals surface area contributed by atoms with E-state index in [1.807, 2.05) is 0 Å². The normalized spacial score (nSPS) is 10.6. The number of ether oxygens (including phenoxy) is 1. The van der Waals surface area contributed by atoms with E-state index in [4.69, 9.17) is 15.6 Å². The van der Waals surface area contributed by atoms with Gasteiger partial charge in [0.1, 0.15) is 18.4 Å². The van der Waals surface area contributed by atoms with E-state index < -0.39 is 12.0 Å². The third kappa shape index (κ3) is 5.58. The van der Waals surface area contributed by atoms with E-state index in [0.717, 1.165) is 5.56 Å². The lowest BCUT2D eigenvalue weighted by atomic mass is 10.1. The second kappa shape index (κ2) is 8.40. The van der Waals surface area contributed by atoms with Gasteiger partial charge in [-0.05, 0) is 31.0 Å². The Morgan fingerprint density at radius 3 is 2.56 bits per heavy atom. The highest BCUT2D eigenvalue weighted by atomic mass is 35.5. The van der Waals surface area contributed by atoms with Gasteiger partial charge in [0.05, 0.1) is 0 Å². The molecule has 1 aromatic carbocycles. The van der Waals surface area contributed by atoms with E-state index in [2.05, 4.69) is 11.8 Å². The predicted octanol–water partition coefficient (Wildman–Crippen LogP) is 1.46. The molecule has 0 bridgehead atoms. The zero-order valence-electron chi connectivity index (χ0n) is 10.1. The third-order valence-corrected chi connectivity index (χ3v) is 2.18. The topological polar surface area (TPSA) is 72.5 Å². The van der Waals surface area contributed by atoms with Crippen molar-refractivity contribution in [3.63, 3.8) is 0 Å². The summed E-state index contributed by atoms with van der Waals surface area (Å²) in [5, 5.41) is 8.68. The summed E-state index contributed by atoms with van der Waals surface area (Å²) >= 11 is 0. The molecule has 98 valence electrons. The van der Waals surface area contributed by atoms with Gasteiger partial charge in [0.15, 0.2) is 0 Å². The monoisotopic (exact) mass is 269 g/mol. The van der Waals surface area contributed by atoms with Crippen LogP contribution >= 0.6 is 12.4 Å². The molecule has 5 heteroatoms. The summed E-state index contributed by atoms with van der Waals surface area (Å²) in [7, 11) is 0. The largest absolute Gasteiger partial charge is 0.481 e. The molecule has 0 aromatic heterocycles. The second-order valence-electron chi connectivity index (χ2n) is 3.51. The van der Waals surface area contributed by atoms with Crippen LogP contribution in [0.25, 0.3) is 0 Å². The summed E-state index contributed by atoms with van der Waals surface area (Å²) < 4.78 is 5.33. The Morgan fingerprint density at radius 1 is 1.44 bits per heavy atom. The molecule has 0 radical (unpaired) electrons. The lowest BCUT2D eigenvalue weighted by molar-refractivity contribution is -0.138. The molecule has 0 aliphatic heterocycles. The highest BCUT2D eigenvalue weighted by Crippen LogP contribution is 2.13. The van der Waals surface area contributed by atoms with Gasteiger partial charge in [-0.3, -0.25) is 4.79 Å². The van der Waals surface area contributed by atoms with Crippen molar-refractivity contribution in [3.8, 4) is 17.6 Å². The van der Waals surface area contributed by atoms with Gasteiger partial charge >= 0.3 is 5.97 Å². The van der Waals surface area contributed by atoms with Gasteiger partial charge in [0.25, 0.3) is 0 Å². The molecule has 0 aliphatic rings. The SMILES string of the molecule is CC#CCOc1ccc(CC(N)C(=O)O)cc1.Cl. The van der Waals surface area contributed by atoms with E-state index in [1.165, 1.54) is 0 Å². The van der Waals surface area contributed by atoms with Crippen LogP contribution in [0.3, 0.4) is 0 Å². The number of aliphatic carboxylic acids is 1. The summed E-state index contributed by atoms with van der Waals surface area (Å²) in [4.78, 5) is 10.6. The number of hydrogen-bond acceptors (Lipinski definition) is 3. The van der Waals surface area contributed by atoms with Crippen molar-refractivity contribution in [1.29, 1.82) is 0 Å². The van der Waals surface area contributed by atoms with Gasteiger partial charge in [0, 0.05) is 0 Å². The molecule has 1 aromatic rings. The second-order valence-corrected chi connectivity index (χ2v) is 3.51. The Hall–Kier alpha value is -1.70. The number of nitrogens with two attached hydrogens (primary N) is 1. The minimum atomic E-state index is -0.997. The number of carboxylic acids is 1. The first kappa shape index (κ1) is 16.3. The number of carboxylic acid groups (broad SMARTS) is 1. The van der Waals surface area contributed by atoms with E-state index in [0.29, 0.717) is 18.8 Å². The van der Waals surface area contributed by atoms with Crippen molar-refractivity contribution in [2.24, 2.45) is 5.73 Å². The zero-order valence-corrected chi connectivity index (χ0v) is 10.9. The summed E-state index contributed by atoms with van der Waals surface area (Å²) in [5.41, 5.74) is 6.31. The molecule has 1 unspecified atom stereocenters. The van der Waals surface area contributed by atoms with Crippen molar-refractivity contribution < 1.29 is 14.6 Å². The highest BCUT2D eigenvalue weighted by molar-refractivity contribution is 5.85. The van der Waals surface area contributed by atoms with E-state index in [1.54, 1.807) is 31.2 Å². The smallest absolute Gasteiger partial charge is 0.320 e. The number of carbonyl (C=O) groups is 1. The number of halogens is 1. The minimum Gasteiger partial charge on any atom is -0.481 e. The summed E-state index contributed by atoms with van der Waals surface area (Å²) in [5.74, 6) is 5.23. The third-order valence-electron chi connectivity index (χ3n) is 2.18. The molecule has 0 fully saturated rings. The molecule has 0 spiro atoms. The lowest BCUT2D eigenvalue weighted by Gasteiger charge is -2.07. The van der Waals surface area contributed by atoms with E-state index in [9.17, 15) is 4.79 Å². The first-order valence-electron chi connectivity index (χ1n) is 5.23. The van der Waals surface area contributed by atoms with Gasteiger partial charge in [-0.25, -0.2) is 0 Å². The van der Waals surface area contributed by atoms with Crippen LogP contribution in [0.5, 0.6) is 5.75 Å². The Morgan fingerprint density at radius 2 is 2.06 bits per heavy atom. The molecule has 0 saturated heterocycles. The molecule has 18 heavy (non-hydrogen) atoms. The molecule has 0 heterocycles. The van der Waals surface area contributed by atoms with Crippen molar-refractivity contribution >= 4 is 18.4 Å².